The Bertz CT molecular complexity index is 323. The van der Waals surface area contributed by atoms with Crippen LogP contribution in [0.25, 0.3) is 0 Å². The fourth-order valence-corrected chi connectivity index (χ4v) is 2.02. The summed E-state index contributed by atoms with van der Waals surface area (Å²) in [7, 11) is 0. The summed E-state index contributed by atoms with van der Waals surface area (Å²) in [5.41, 5.74) is 9.57. The molecule has 2 heteroatoms. The van der Waals surface area contributed by atoms with Crippen molar-refractivity contribution in [3.05, 3.63) is 28.8 Å². The van der Waals surface area contributed by atoms with Crippen LogP contribution in [0.4, 0.5) is 0 Å². The number of rotatable bonds is 3. The number of aromatic hydroxyl groups is 1. The maximum Gasteiger partial charge on any atom is 0.116 e. The van der Waals surface area contributed by atoms with Gasteiger partial charge in [0.05, 0.1) is 0 Å². The summed E-state index contributed by atoms with van der Waals surface area (Å²) in [6, 6.07) is 3.63. The summed E-state index contributed by atoms with van der Waals surface area (Å²) < 4.78 is 0. The van der Waals surface area contributed by atoms with E-state index in [1.54, 1.807) is 12.1 Å². The van der Waals surface area contributed by atoms with Crippen molar-refractivity contribution in [2.24, 2.45) is 11.7 Å². The first-order valence-corrected chi connectivity index (χ1v) is 5.53. The van der Waals surface area contributed by atoms with Crippen molar-refractivity contribution < 1.29 is 5.11 Å². The highest BCUT2D eigenvalue weighted by atomic mass is 16.3. The Labute approximate surface area is 92.1 Å². The lowest BCUT2D eigenvalue weighted by molar-refractivity contribution is 0.449. The Kier molecular flexibility index (Phi) is 3.75. The lowest BCUT2D eigenvalue weighted by Gasteiger charge is -2.23. The Morgan fingerprint density at radius 3 is 2.13 bits per heavy atom. The fourth-order valence-electron chi connectivity index (χ4n) is 2.02. The maximum absolute atomic E-state index is 9.46. The van der Waals surface area contributed by atoms with E-state index in [-0.39, 0.29) is 6.04 Å². The van der Waals surface area contributed by atoms with Crippen LogP contribution in [0, 0.1) is 19.8 Å². The molecule has 0 fully saturated rings. The second-order valence-electron chi connectivity index (χ2n) is 4.40. The SMILES string of the molecule is CCC(C)[C@H](N)c1c(C)cc(O)cc1C. The van der Waals surface area contributed by atoms with Crippen LogP contribution in [0.5, 0.6) is 5.75 Å². The molecule has 1 rings (SSSR count). The highest BCUT2D eigenvalue weighted by molar-refractivity contribution is 5.42. The third-order valence-electron chi connectivity index (χ3n) is 3.17. The molecule has 1 aromatic rings. The number of phenolic OH excluding ortho intramolecular Hbond substituents is 1. The molecule has 0 aliphatic carbocycles. The van der Waals surface area contributed by atoms with Crippen LogP contribution in [0.3, 0.4) is 0 Å². The van der Waals surface area contributed by atoms with E-state index in [0.717, 1.165) is 17.5 Å². The van der Waals surface area contributed by atoms with Crippen molar-refractivity contribution in [2.75, 3.05) is 0 Å². The van der Waals surface area contributed by atoms with E-state index in [9.17, 15) is 5.11 Å². The van der Waals surface area contributed by atoms with Crippen LogP contribution in [-0.2, 0) is 0 Å². The van der Waals surface area contributed by atoms with Crippen LogP contribution >= 0.6 is 0 Å². The van der Waals surface area contributed by atoms with Gasteiger partial charge in [-0.3, -0.25) is 0 Å². The highest BCUT2D eigenvalue weighted by Crippen LogP contribution is 2.30. The molecule has 0 saturated carbocycles. The minimum atomic E-state index is 0.0654. The van der Waals surface area contributed by atoms with Gasteiger partial charge in [-0.05, 0) is 48.6 Å². The molecule has 0 heterocycles. The van der Waals surface area contributed by atoms with Gasteiger partial charge in [0.2, 0.25) is 0 Å². The number of hydrogen-bond acceptors (Lipinski definition) is 2. The van der Waals surface area contributed by atoms with Crippen molar-refractivity contribution in [3.63, 3.8) is 0 Å². The van der Waals surface area contributed by atoms with E-state index in [2.05, 4.69) is 13.8 Å². The van der Waals surface area contributed by atoms with Crippen molar-refractivity contribution in [3.8, 4) is 5.75 Å². The standard InChI is InChI=1S/C13H21NO/c1-5-8(2)13(14)12-9(3)6-11(15)7-10(12)4/h6-8,13,15H,5,14H2,1-4H3/t8?,13-/m0/s1. The Hall–Kier alpha value is -1.02. The molecule has 0 aliphatic rings. The van der Waals surface area contributed by atoms with Gasteiger partial charge in [0.25, 0.3) is 0 Å². The van der Waals surface area contributed by atoms with Gasteiger partial charge in [-0.15, -0.1) is 0 Å². The van der Waals surface area contributed by atoms with Crippen molar-refractivity contribution >= 4 is 0 Å². The third kappa shape index (κ3) is 2.51. The summed E-state index contributed by atoms with van der Waals surface area (Å²) in [6.45, 7) is 8.32. The molecule has 1 aromatic carbocycles. The molecule has 0 radical (unpaired) electrons. The third-order valence-corrected chi connectivity index (χ3v) is 3.17. The van der Waals surface area contributed by atoms with Crippen molar-refractivity contribution in [1.82, 2.24) is 0 Å². The van der Waals surface area contributed by atoms with Crippen molar-refractivity contribution in [2.45, 2.75) is 40.2 Å². The molecule has 3 N–H and O–H groups in total. The van der Waals surface area contributed by atoms with Gasteiger partial charge < -0.3 is 10.8 Å². The van der Waals surface area contributed by atoms with E-state index in [0.29, 0.717) is 11.7 Å². The van der Waals surface area contributed by atoms with E-state index in [1.165, 1.54) is 5.56 Å². The maximum atomic E-state index is 9.46. The number of aryl methyl sites for hydroxylation is 2. The summed E-state index contributed by atoms with van der Waals surface area (Å²) in [4.78, 5) is 0. The zero-order valence-electron chi connectivity index (χ0n) is 10.0. The first-order chi connectivity index (χ1) is 6.97. The van der Waals surface area contributed by atoms with Gasteiger partial charge in [0, 0.05) is 6.04 Å². The van der Waals surface area contributed by atoms with Gasteiger partial charge >= 0.3 is 0 Å². The van der Waals surface area contributed by atoms with Crippen molar-refractivity contribution in [1.29, 1.82) is 0 Å². The second-order valence-corrected chi connectivity index (χ2v) is 4.40. The van der Waals surface area contributed by atoms with Crippen LogP contribution in [0.15, 0.2) is 12.1 Å². The van der Waals surface area contributed by atoms with Gasteiger partial charge in [-0.25, -0.2) is 0 Å². The molecule has 0 spiro atoms. The number of phenols is 1. The first-order valence-electron chi connectivity index (χ1n) is 5.53. The smallest absolute Gasteiger partial charge is 0.116 e. The van der Waals surface area contributed by atoms with Crippen LogP contribution in [-0.4, -0.2) is 5.11 Å². The second kappa shape index (κ2) is 4.67. The van der Waals surface area contributed by atoms with Crippen LogP contribution < -0.4 is 5.73 Å². The topological polar surface area (TPSA) is 46.2 Å². The number of hydrogen-bond donors (Lipinski definition) is 2. The lowest BCUT2D eigenvalue weighted by atomic mass is 9.87. The molecule has 84 valence electrons. The highest BCUT2D eigenvalue weighted by Gasteiger charge is 2.17. The summed E-state index contributed by atoms with van der Waals surface area (Å²) in [6.07, 6.45) is 1.07. The number of nitrogens with two attached hydrogens (primary N) is 1. The summed E-state index contributed by atoms with van der Waals surface area (Å²) in [5.74, 6) is 0.789. The largest absolute Gasteiger partial charge is 0.508 e. The van der Waals surface area contributed by atoms with Gasteiger partial charge in [-0.1, -0.05) is 20.3 Å². The van der Waals surface area contributed by atoms with E-state index in [1.807, 2.05) is 13.8 Å². The predicted octanol–water partition coefficient (Wildman–Crippen LogP) is 3.05. The molecule has 0 aliphatic heterocycles. The minimum absolute atomic E-state index is 0.0654. The summed E-state index contributed by atoms with van der Waals surface area (Å²) >= 11 is 0. The molecule has 15 heavy (non-hydrogen) atoms. The monoisotopic (exact) mass is 207 g/mol. The zero-order chi connectivity index (χ0) is 11.6. The van der Waals surface area contributed by atoms with Crippen LogP contribution in [0.2, 0.25) is 0 Å². The molecular weight excluding hydrogens is 186 g/mol. The molecule has 0 bridgehead atoms. The van der Waals surface area contributed by atoms with E-state index in [4.69, 9.17) is 5.73 Å². The normalized spacial score (nSPS) is 15.0. The Morgan fingerprint density at radius 1 is 1.27 bits per heavy atom. The molecule has 0 aromatic heterocycles. The average Bonchev–Trinajstić information content (AvgIpc) is 2.14. The van der Waals surface area contributed by atoms with E-state index < -0.39 is 0 Å². The molecule has 2 nitrogen and oxygen atoms in total. The van der Waals surface area contributed by atoms with Crippen LogP contribution in [0.1, 0.15) is 43.0 Å². The fraction of sp³-hybridized carbons (Fsp3) is 0.538. The van der Waals surface area contributed by atoms with Gasteiger partial charge in [0.1, 0.15) is 5.75 Å². The quantitative estimate of drug-likeness (QED) is 0.800. The Morgan fingerprint density at radius 2 is 1.73 bits per heavy atom. The molecule has 2 atom stereocenters. The van der Waals surface area contributed by atoms with Gasteiger partial charge in [0.15, 0.2) is 0 Å². The molecule has 1 unspecified atom stereocenters. The molecule has 0 saturated heterocycles. The molecular formula is C13H21NO. The Balaban J connectivity index is 3.13. The first kappa shape index (κ1) is 12.1. The van der Waals surface area contributed by atoms with E-state index >= 15 is 0 Å². The zero-order valence-corrected chi connectivity index (χ0v) is 10.0. The summed E-state index contributed by atoms with van der Waals surface area (Å²) in [5, 5.41) is 9.46. The molecule has 0 amide bonds. The lowest BCUT2D eigenvalue weighted by Crippen LogP contribution is -2.20. The number of benzene rings is 1. The average molecular weight is 207 g/mol. The minimum Gasteiger partial charge on any atom is -0.508 e. The van der Waals surface area contributed by atoms with Gasteiger partial charge in [-0.2, -0.15) is 0 Å². The predicted molar refractivity (Wildman–Crippen MR) is 64.0 cm³/mol.